The number of alkyl halides is 2. The summed E-state index contributed by atoms with van der Waals surface area (Å²) in [6.45, 7) is 13.2. The van der Waals surface area contributed by atoms with Crippen LogP contribution in [0, 0.1) is 0 Å². The van der Waals surface area contributed by atoms with Crippen LogP contribution in [0.2, 0.25) is 0 Å². The van der Waals surface area contributed by atoms with Crippen molar-refractivity contribution in [2.45, 2.75) is 33.1 Å². The summed E-state index contributed by atoms with van der Waals surface area (Å²) < 4.78 is 26.2. The number of aromatic nitrogens is 1. The van der Waals surface area contributed by atoms with Gasteiger partial charge in [-0.1, -0.05) is 55.7 Å². The van der Waals surface area contributed by atoms with Crippen molar-refractivity contribution in [2.75, 3.05) is 6.54 Å². The predicted molar refractivity (Wildman–Crippen MR) is 111 cm³/mol. The van der Waals surface area contributed by atoms with Crippen molar-refractivity contribution >= 4 is 5.57 Å². The molecular formula is C23H28F2N2. The van der Waals surface area contributed by atoms with Crippen LogP contribution in [0.25, 0.3) is 5.57 Å². The Morgan fingerprint density at radius 2 is 2.07 bits per heavy atom. The monoisotopic (exact) mass is 370 g/mol. The molecule has 0 aliphatic heterocycles. The fourth-order valence-electron chi connectivity index (χ4n) is 2.13. The number of nitrogens with one attached hydrogen (secondary N) is 1. The molecule has 0 bridgehead atoms. The Labute approximate surface area is 161 Å². The first-order valence-corrected chi connectivity index (χ1v) is 8.81. The van der Waals surface area contributed by atoms with Gasteiger partial charge in [-0.3, -0.25) is 4.98 Å². The van der Waals surface area contributed by atoms with Crippen molar-refractivity contribution in [1.29, 1.82) is 0 Å². The van der Waals surface area contributed by atoms with Crippen LogP contribution in [-0.4, -0.2) is 11.5 Å². The molecule has 0 amide bonds. The van der Waals surface area contributed by atoms with E-state index < -0.39 is 5.92 Å². The molecule has 0 atom stereocenters. The minimum atomic E-state index is -2.86. The van der Waals surface area contributed by atoms with Crippen LogP contribution in [0.1, 0.15) is 38.4 Å². The van der Waals surface area contributed by atoms with Gasteiger partial charge in [0.25, 0.3) is 5.92 Å². The van der Waals surface area contributed by atoms with E-state index in [-0.39, 0.29) is 5.56 Å². The van der Waals surface area contributed by atoms with Gasteiger partial charge in [0.05, 0.1) is 5.69 Å². The summed E-state index contributed by atoms with van der Waals surface area (Å²) in [5, 5.41) is 3.18. The van der Waals surface area contributed by atoms with Crippen molar-refractivity contribution in [3.05, 3.63) is 96.5 Å². The van der Waals surface area contributed by atoms with Gasteiger partial charge in [0.15, 0.2) is 0 Å². The van der Waals surface area contributed by atoms with Crippen LogP contribution in [-0.2, 0) is 5.92 Å². The molecule has 0 saturated carbocycles. The van der Waals surface area contributed by atoms with Crippen LogP contribution in [0.5, 0.6) is 0 Å². The third-order valence-electron chi connectivity index (χ3n) is 3.66. The van der Waals surface area contributed by atoms with Crippen molar-refractivity contribution in [2.24, 2.45) is 0 Å². The summed E-state index contributed by atoms with van der Waals surface area (Å²) in [7, 11) is 0. The first kappa shape index (κ1) is 22.3. The van der Waals surface area contributed by atoms with E-state index in [1.165, 1.54) is 23.9 Å². The van der Waals surface area contributed by atoms with Gasteiger partial charge in [0, 0.05) is 30.9 Å². The average Bonchev–Trinajstić information content (AvgIpc) is 3.14. The molecule has 1 aromatic heterocycles. The molecule has 1 heterocycles. The molecule has 0 saturated heterocycles. The molecule has 2 nitrogen and oxygen atoms in total. The fourth-order valence-corrected chi connectivity index (χ4v) is 2.13. The third kappa shape index (κ3) is 8.95. The lowest BCUT2D eigenvalue weighted by molar-refractivity contribution is 0.0173. The summed E-state index contributed by atoms with van der Waals surface area (Å²) in [5.74, 6) is -2.86. The number of pyridine rings is 1. The van der Waals surface area contributed by atoms with E-state index in [1.54, 1.807) is 12.2 Å². The van der Waals surface area contributed by atoms with E-state index in [0.29, 0.717) is 11.3 Å². The fraction of sp³-hybridized carbons (Fsp3) is 0.261. The highest BCUT2D eigenvalue weighted by atomic mass is 19.3. The van der Waals surface area contributed by atoms with Crippen molar-refractivity contribution in [1.82, 2.24) is 10.3 Å². The van der Waals surface area contributed by atoms with Crippen molar-refractivity contribution in [3.63, 3.8) is 0 Å². The van der Waals surface area contributed by atoms with Gasteiger partial charge in [-0.25, -0.2) is 8.78 Å². The molecule has 0 fully saturated rings. The second kappa shape index (κ2) is 11.1. The van der Waals surface area contributed by atoms with Gasteiger partial charge in [-0.2, -0.15) is 0 Å². The standard InChI is InChI=1S/C14H15F2N.C9H13N/c1-4-5-6-7-11(2)13-10-12(8-9-17-13)14(3,15)16;1-8(2)10-7-9-5-3-4-6-9/h4-10H,2H2,1,3H3;3-5,10H,1,6-7H2,2H3/b5-4-,7-6-;. The summed E-state index contributed by atoms with van der Waals surface area (Å²) in [6.07, 6.45) is 16.1. The van der Waals surface area contributed by atoms with Gasteiger partial charge < -0.3 is 5.32 Å². The summed E-state index contributed by atoms with van der Waals surface area (Å²) in [5.41, 5.74) is 3.48. The maximum absolute atomic E-state index is 13.1. The number of hydrogen-bond donors (Lipinski definition) is 1. The highest BCUT2D eigenvalue weighted by molar-refractivity contribution is 5.70. The molecule has 0 spiro atoms. The average molecular weight is 370 g/mol. The number of allylic oxidation sites excluding steroid dienone is 9. The maximum atomic E-state index is 13.1. The summed E-state index contributed by atoms with van der Waals surface area (Å²) in [6, 6.07) is 2.68. The zero-order chi connectivity index (χ0) is 20.3. The molecule has 0 unspecified atom stereocenters. The largest absolute Gasteiger partial charge is 0.385 e. The predicted octanol–water partition coefficient (Wildman–Crippen LogP) is 6.33. The van der Waals surface area contributed by atoms with E-state index in [2.05, 4.69) is 41.7 Å². The second-order valence-corrected chi connectivity index (χ2v) is 6.32. The molecule has 4 heteroatoms. The topological polar surface area (TPSA) is 24.9 Å². The SMILES string of the molecule is C=C(/C=C\C=C/C)c1cc(C(C)(F)F)ccn1.C=C(C)NCC1=CC=CC1. The van der Waals surface area contributed by atoms with Crippen LogP contribution in [0.15, 0.2) is 85.3 Å². The number of halogens is 2. The zero-order valence-corrected chi connectivity index (χ0v) is 16.3. The molecule has 1 aromatic rings. The lowest BCUT2D eigenvalue weighted by Gasteiger charge is -2.11. The molecule has 1 aliphatic rings. The molecule has 144 valence electrons. The molecule has 0 radical (unpaired) electrons. The van der Waals surface area contributed by atoms with E-state index in [4.69, 9.17) is 0 Å². The Morgan fingerprint density at radius 3 is 2.63 bits per heavy atom. The molecule has 2 rings (SSSR count). The van der Waals surface area contributed by atoms with Gasteiger partial charge in [0.1, 0.15) is 0 Å². The van der Waals surface area contributed by atoms with Crippen LogP contribution >= 0.6 is 0 Å². The first-order chi connectivity index (χ1) is 12.7. The minimum absolute atomic E-state index is 0.0527. The normalized spacial score (nSPS) is 13.4. The summed E-state index contributed by atoms with van der Waals surface area (Å²) in [4.78, 5) is 4.02. The quantitative estimate of drug-likeness (QED) is 0.567. The van der Waals surface area contributed by atoms with Crippen LogP contribution in [0.3, 0.4) is 0 Å². The molecule has 0 aromatic carbocycles. The maximum Gasteiger partial charge on any atom is 0.270 e. The number of rotatable bonds is 7. The Morgan fingerprint density at radius 1 is 1.33 bits per heavy atom. The van der Waals surface area contributed by atoms with Gasteiger partial charge in [-0.05, 0) is 43.5 Å². The van der Waals surface area contributed by atoms with E-state index >= 15 is 0 Å². The molecular weight excluding hydrogens is 342 g/mol. The number of nitrogens with zero attached hydrogens (tertiary/aromatic N) is 1. The van der Waals surface area contributed by atoms with E-state index in [0.717, 1.165) is 25.6 Å². The second-order valence-electron chi connectivity index (χ2n) is 6.32. The lowest BCUT2D eigenvalue weighted by Crippen LogP contribution is -2.12. The Kier molecular flexibility index (Phi) is 9.14. The van der Waals surface area contributed by atoms with E-state index in [1.807, 2.05) is 26.0 Å². The van der Waals surface area contributed by atoms with E-state index in [9.17, 15) is 8.78 Å². The Balaban J connectivity index is 0.000000309. The van der Waals surface area contributed by atoms with Gasteiger partial charge >= 0.3 is 0 Å². The van der Waals surface area contributed by atoms with Gasteiger partial charge in [-0.15, -0.1) is 0 Å². The smallest absolute Gasteiger partial charge is 0.270 e. The van der Waals surface area contributed by atoms with Crippen molar-refractivity contribution in [3.8, 4) is 0 Å². The first-order valence-electron chi connectivity index (χ1n) is 8.81. The highest BCUT2D eigenvalue weighted by Gasteiger charge is 2.24. The summed E-state index contributed by atoms with van der Waals surface area (Å²) >= 11 is 0. The van der Waals surface area contributed by atoms with Crippen LogP contribution in [0.4, 0.5) is 8.78 Å². The molecule has 1 aliphatic carbocycles. The zero-order valence-electron chi connectivity index (χ0n) is 16.3. The Hall–Kier alpha value is -2.75. The van der Waals surface area contributed by atoms with Crippen molar-refractivity contribution < 1.29 is 8.78 Å². The number of hydrogen-bond acceptors (Lipinski definition) is 2. The Bertz CT molecular complexity index is 763. The lowest BCUT2D eigenvalue weighted by atomic mass is 10.1. The minimum Gasteiger partial charge on any atom is -0.385 e. The third-order valence-corrected chi connectivity index (χ3v) is 3.66. The molecule has 1 N–H and O–H groups in total. The molecule has 27 heavy (non-hydrogen) atoms. The van der Waals surface area contributed by atoms with Crippen LogP contribution < -0.4 is 5.32 Å². The van der Waals surface area contributed by atoms with Gasteiger partial charge in [0.2, 0.25) is 0 Å². The highest BCUT2D eigenvalue weighted by Crippen LogP contribution is 2.28.